The van der Waals surface area contributed by atoms with Gasteiger partial charge in [-0.2, -0.15) is 0 Å². The lowest BCUT2D eigenvalue weighted by atomic mass is 10.1. The number of carbonyl (C=O) groups excluding carboxylic acids is 2. The second kappa shape index (κ2) is 10.1. The van der Waals surface area contributed by atoms with Gasteiger partial charge in [0.15, 0.2) is 0 Å². The molecule has 0 bridgehead atoms. The first-order valence-electron chi connectivity index (χ1n) is 6.05. The fourth-order valence-corrected chi connectivity index (χ4v) is 1.15. The Labute approximate surface area is 115 Å². The Morgan fingerprint density at radius 3 is 2.22 bits per heavy atom. The van der Waals surface area contributed by atoms with Crippen LogP contribution >= 0.6 is 12.4 Å². The maximum absolute atomic E-state index is 11.4. The Kier molecular flexibility index (Phi) is 11.0. The lowest BCUT2D eigenvalue weighted by Crippen LogP contribution is -2.33. The van der Waals surface area contributed by atoms with Crippen molar-refractivity contribution in [2.45, 2.75) is 52.7 Å². The summed E-state index contributed by atoms with van der Waals surface area (Å²) in [6, 6.07) is 0.0177. The summed E-state index contributed by atoms with van der Waals surface area (Å²) in [5, 5.41) is 2.70. The smallest absolute Gasteiger partial charge is 0.310 e. The number of amides is 1. The first-order valence-corrected chi connectivity index (χ1v) is 6.05. The molecule has 0 aromatic heterocycles. The summed E-state index contributed by atoms with van der Waals surface area (Å²) in [4.78, 5) is 22.8. The molecule has 0 aliphatic carbocycles. The minimum Gasteiger partial charge on any atom is -0.463 e. The monoisotopic (exact) mass is 280 g/mol. The third kappa shape index (κ3) is 10.4. The summed E-state index contributed by atoms with van der Waals surface area (Å²) >= 11 is 0. The van der Waals surface area contributed by atoms with Gasteiger partial charge in [0.2, 0.25) is 5.91 Å². The van der Waals surface area contributed by atoms with Crippen LogP contribution in [0.25, 0.3) is 0 Å². The Morgan fingerprint density at radius 2 is 1.78 bits per heavy atom. The molecule has 18 heavy (non-hydrogen) atoms. The molecule has 0 spiro atoms. The first-order chi connectivity index (χ1) is 7.82. The number of hydrogen-bond acceptors (Lipinski definition) is 4. The van der Waals surface area contributed by atoms with E-state index in [1.54, 1.807) is 20.8 Å². The van der Waals surface area contributed by atoms with Crippen molar-refractivity contribution in [3.8, 4) is 0 Å². The molecule has 0 saturated carbocycles. The average Bonchev–Trinajstić information content (AvgIpc) is 2.21. The number of rotatable bonds is 7. The van der Waals surface area contributed by atoms with E-state index < -0.39 is 0 Å². The number of ether oxygens (including phenoxy) is 1. The minimum absolute atomic E-state index is 0. The standard InChI is InChI=1S/C12H24N2O3.ClH/c1-8(2)17-12(16)9(3)7-14-11(15)6-5-10(4)13;/h8-10H,5-7,13H2,1-4H3,(H,14,15);1H. The third-order valence-electron chi connectivity index (χ3n) is 2.19. The molecule has 108 valence electrons. The van der Waals surface area contributed by atoms with Gasteiger partial charge < -0.3 is 15.8 Å². The number of carbonyl (C=O) groups is 2. The molecule has 6 heteroatoms. The SMILES string of the molecule is CC(N)CCC(=O)NCC(C)C(=O)OC(C)C.Cl. The molecule has 0 heterocycles. The lowest BCUT2D eigenvalue weighted by molar-refractivity contribution is -0.151. The van der Waals surface area contributed by atoms with E-state index in [0.29, 0.717) is 19.4 Å². The summed E-state index contributed by atoms with van der Waals surface area (Å²) < 4.78 is 5.03. The molecule has 0 fully saturated rings. The zero-order valence-electron chi connectivity index (χ0n) is 11.6. The van der Waals surface area contributed by atoms with Crippen molar-refractivity contribution >= 4 is 24.3 Å². The van der Waals surface area contributed by atoms with Gasteiger partial charge in [-0.05, 0) is 27.2 Å². The van der Waals surface area contributed by atoms with Crippen molar-refractivity contribution in [1.29, 1.82) is 0 Å². The van der Waals surface area contributed by atoms with Crippen molar-refractivity contribution in [3.05, 3.63) is 0 Å². The van der Waals surface area contributed by atoms with Crippen molar-refractivity contribution in [1.82, 2.24) is 5.32 Å². The average molecular weight is 281 g/mol. The van der Waals surface area contributed by atoms with Crippen LogP contribution in [-0.2, 0) is 14.3 Å². The molecule has 5 nitrogen and oxygen atoms in total. The van der Waals surface area contributed by atoms with Crippen LogP contribution in [0.1, 0.15) is 40.5 Å². The molecular weight excluding hydrogens is 256 g/mol. The summed E-state index contributed by atoms with van der Waals surface area (Å²) in [7, 11) is 0. The predicted molar refractivity (Wildman–Crippen MR) is 73.5 cm³/mol. The van der Waals surface area contributed by atoms with Gasteiger partial charge >= 0.3 is 5.97 Å². The number of hydrogen-bond donors (Lipinski definition) is 2. The highest BCUT2D eigenvalue weighted by atomic mass is 35.5. The van der Waals surface area contributed by atoms with Gasteiger partial charge in [-0.3, -0.25) is 9.59 Å². The van der Waals surface area contributed by atoms with E-state index in [2.05, 4.69) is 5.32 Å². The van der Waals surface area contributed by atoms with Gasteiger partial charge in [-0.25, -0.2) is 0 Å². The summed E-state index contributed by atoms with van der Waals surface area (Å²) in [6.07, 6.45) is 0.916. The highest BCUT2D eigenvalue weighted by molar-refractivity contribution is 5.85. The van der Waals surface area contributed by atoms with Gasteiger partial charge in [0.05, 0.1) is 12.0 Å². The molecule has 0 aliphatic heterocycles. The largest absolute Gasteiger partial charge is 0.463 e. The second-order valence-corrected chi connectivity index (χ2v) is 4.71. The number of halogens is 1. The van der Waals surface area contributed by atoms with Crippen LogP contribution in [0.3, 0.4) is 0 Å². The molecule has 0 saturated heterocycles. The molecule has 0 aliphatic rings. The van der Waals surface area contributed by atoms with Crippen molar-refractivity contribution in [2.24, 2.45) is 11.7 Å². The number of nitrogens with two attached hydrogens (primary N) is 1. The van der Waals surface area contributed by atoms with E-state index in [9.17, 15) is 9.59 Å². The summed E-state index contributed by atoms with van der Waals surface area (Å²) in [6.45, 7) is 7.49. The molecule has 2 atom stereocenters. The van der Waals surface area contributed by atoms with Crippen LogP contribution in [0.4, 0.5) is 0 Å². The first kappa shape index (κ1) is 19.5. The Hall–Kier alpha value is -0.810. The quantitative estimate of drug-likeness (QED) is 0.688. The minimum atomic E-state index is -0.323. The van der Waals surface area contributed by atoms with Gasteiger partial charge in [0.1, 0.15) is 0 Å². The van der Waals surface area contributed by atoms with E-state index in [1.165, 1.54) is 0 Å². The third-order valence-corrected chi connectivity index (χ3v) is 2.19. The van der Waals surface area contributed by atoms with Gasteiger partial charge in [-0.1, -0.05) is 6.92 Å². The van der Waals surface area contributed by atoms with E-state index in [0.717, 1.165) is 0 Å². The summed E-state index contributed by atoms with van der Waals surface area (Å²) in [5.74, 6) is -0.685. The number of nitrogens with one attached hydrogen (secondary N) is 1. The Bertz CT molecular complexity index is 258. The Balaban J connectivity index is 0. The molecule has 3 N–H and O–H groups in total. The van der Waals surface area contributed by atoms with Crippen LogP contribution < -0.4 is 11.1 Å². The van der Waals surface area contributed by atoms with Gasteiger partial charge in [-0.15, -0.1) is 12.4 Å². The molecule has 0 aromatic rings. The molecule has 0 rings (SSSR count). The van der Waals surface area contributed by atoms with E-state index in [-0.39, 0.29) is 42.3 Å². The fourth-order valence-electron chi connectivity index (χ4n) is 1.15. The molecule has 1 amide bonds. The highest BCUT2D eigenvalue weighted by Gasteiger charge is 2.16. The number of esters is 1. The van der Waals surface area contributed by atoms with Crippen molar-refractivity contribution < 1.29 is 14.3 Å². The summed E-state index contributed by atoms with van der Waals surface area (Å²) in [5.41, 5.74) is 5.55. The van der Waals surface area contributed by atoms with Crippen molar-refractivity contribution in [3.63, 3.8) is 0 Å². The van der Waals surface area contributed by atoms with Crippen LogP contribution in [0.2, 0.25) is 0 Å². The second-order valence-electron chi connectivity index (χ2n) is 4.71. The van der Waals surface area contributed by atoms with Crippen LogP contribution in [0.5, 0.6) is 0 Å². The zero-order chi connectivity index (χ0) is 13.4. The van der Waals surface area contributed by atoms with E-state index in [1.807, 2.05) is 6.92 Å². The normalized spacial score (nSPS) is 13.4. The van der Waals surface area contributed by atoms with E-state index >= 15 is 0 Å². The van der Waals surface area contributed by atoms with E-state index in [4.69, 9.17) is 10.5 Å². The predicted octanol–water partition coefficient (Wildman–Crippen LogP) is 1.24. The Morgan fingerprint density at radius 1 is 1.22 bits per heavy atom. The van der Waals surface area contributed by atoms with Crippen LogP contribution in [-0.4, -0.2) is 30.6 Å². The lowest BCUT2D eigenvalue weighted by Gasteiger charge is -2.14. The van der Waals surface area contributed by atoms with Gasteiger partial charge in [0.25, 0.3) is 0 Å². The van der Waals surface area contributed by atoms with Crippen LogP contribution in [0.15, 0.2) is 0 Å². The van der Waals surface area contributed by atoms with Gasteiger partial charge in [0, 0.05) is 19.0 Å². The maximum Gasteiger partial charge on any atom is 0.310 e. The maximum atomic E-state index is 11.4. The molecule has 0 aromatic carbocycles. The molecule has 0 radical (unpaired) electrons. The molecular formula is C12H25ClN2O3. The van der Waals surface area contributed by atoms with Crippen LogP contribution in [0, 0.1) is 5.92 Å². The zero-order valence-corrected chi connectivity index (χ0v) is 12.4. The topological polar surface area (TPSA) is 81.4 Å². The highest BCUT2D eigenvalue weighted by Crippen LogP contribution is 2.01. The molecule has 2 unspecified atom stereocenters. The van der Waals surface area contributed by atoms with Crippen molar-refractivity contribution in [2.75, 3.05) is 6.54 Å². The fraction of sp³-hybridized carbons (Fsp3) is 0.833.